The van der Waals surface area contributed by atoms with Gasteiger partial charge in [-0.1, -0.05) is 0 Å². The maximum absolute atomic E-state index is 7.14. The number of halogens is 1. The van der Waals surface area contributed by atoms with Crippen LogP contribution in [0.4, 0.5) is 0 Å². The molecular weight excluding hydrogens is 176 g/mol. The summed E-state index contributed by atoms with van der Waals surface area (Å²) in [5.74, 6) is 0.588. The summed E-state index contributed by atoms with van der Waals surface area (Å²) in [7, 11) is 0. The fraction of sp³-hybridized carbons (Fsp3) is 0.750. The molecule has 0 aliphatic heterocycles. The molecule has 0 heterocycles. The molecule has 0 amide bonds. The van der Waals surface area contributed by atoms with E-state index in [9.17, 15) is 0 Å². The van der Waals surface area contributed by atoms with Gasteiger partial charge in [-0.2, -0.15) is 0 Å². The molecule has 0 aliphatic rings. The van der Waals surface area contributed by atoms with E-state index < -0.39 is 0 Å². The first kappa shape index (κ1) is 12.2. The fourth-order valence-corrected chi connectivity index (χ4v) is 1.49. The number of hydrogen-bond donors (Lipinski definition) is 1. The molecular formula is C4H11ClN2S2. The second-order valence-corrected chi connectivity index (χ2v) is 2.90. The van der Waals surface area contributed by atoms with Crippen LogP contribution in [0.5, 0.6) is 0 Å². The zero-order chi connectivity index (χ0) is 6.57. The van der Waals surface area contributed by atoms with Crippen LogP contribution < -0.4 is 0 Å². The monoisotopic (exact) mass is 186 g/mol. The van der Waals surface area contributed by atoms with Crippen molar-refractivity contribution >= 4 is 42.1 Å². The van der Waals surface area contributed by atoms with Crippen LogP contribution in [0.3, 0.4) is 0 Å². The van der Waals surface area contributed by atoms with E-state index in [1.165, 1.54) is 0 Å². The molecule has 0 unspecified atom stereocenters. The number of amidine groups is 1. The third-order valence-corrected chi connectivity index (χ3v) is 2.71. The predicted octanol–water partition coefficient (Wildman–Crippen LogP) is 2.26. The Labute approximate surface area is 70.9 Å². The van der Waals surface area contributed by atoms with Crippen molar-refractivity contribution in [2.45, 2.75) is 6.92 Å². The summed E-state index contributed by atoms with van der Waals surface area (Å²) in [5.41, 5.74) is 0. The number of nitrogens with zero attached hydrogens (tertiary/aromatic N) is 1. The SMILES string of the molecule is CSN(SC)C(C)=N.Cl. The summed E-state index contributed by atoms with van der Waals surface area (Å²) in [4.78, 5) is 0. The highest BCUT2D eigenvalue weighted by molar-refractivity contribution is 8.12. The van der Waals surface area contributed by atoms with Crippen LogP contribution in [0.15, 0.2) is 0 Å². The summed E-state index contributed by atoms with van der Waals surface area (Å²) in [6, 6.07) is 0. The maximum atomic E-state index is 7.14. The van der Waals surface area contributed by atoms with Gasteiger partial charge < -0.3 is 0 Å². The molecule has 0 aromatic heterocycles. The Morgan fingerprint density at radius 1 is 1.33 bits per heavy atom. The Hall–Kier alpha value is 0.460. The standard InChI is InChI=1S/C4H10N2S2.ClH/c1-4(5)6(7-2)8-3;/h5H,1-3H3;1H. The molecule has 0 aromatic rings. The highest BCUT2D eigenvalue weighted by Crippen LogP contribution is 2.15. The van der Waals surface area contributed by atoms with Crippen LogP contribution in [0, 0.1) is 5.41 Å². The van der Waals surface area contributed by atoms with Gasteiger partial charge >= 0.3 is 0 Å². The van der Waals surface area contributed by atoms with E-state index in [1.807, 2.05) is 16.2 Å². The molecule has 0 aliphatic carbocycles. The Morgan fingerprint density at radius 2 is 1.67 bits per heavy atom. The van der Waals surface area contributed by atoms with Crippen LogP contribution in [-0.2, 0) is 0 Å². The van der Waals surface area contributed by atoms with Crippen molar-refractivity contribution in [3.8, 4) is 0 Å². The second kappa shape index (κ2) is 6.58. The number of hydrogen-bond acceptors (Lipinski definition) is 3. The van der Waals surface area contributed by atoms with Crippen LogP contribution in [-0.4, -0.2) is 22.1 Å². The molecule has 56 valence electrons. The van der Waals surface area contributed by atoms with Gasteiger partial charge in [0, 0.05) is 12.5 Å². The van der Waals surface area contributed by atoms with Gasteiger partial charge in [-0.15, -0.1) is 12.4 Å². The van der Waals surface area contributed by atoms with Crippen molar-refractivity contribution in [1.82, 2.24) is 3.71 Å². The lowest BCUT2D eigenvalue weighted by atomic mass is 10.7. The first-order valence-corrected chi connectivity index (χ1v) is 4.52. The number of rotatable bonds is 2. The van der Waals surface area contributed by atoms with Crippen LogP contribution >= 0.6 is 36.3 Å². The average Bonchev–Trinajstić information content (AvgIpc) is 1.69. The minimum atomic E-state index is 0. The van der Waals surface area contributed by atoms with Crippen molar-refractivity contribution < 1.29 is 0 Å². The second-order valence-electron chi connectivity index (χ2n) is 1.21. The molecule has 0 atom stereocenters. The van der Waals surface area contributed by atoms with Gasteiger partial charge in [0.05, 0.1) is 0 Å². The minimum absolute atomic E-state index is 0. The number of nitrogens with one attached hydrogen (secondary N) is 1. The summed E-state index contributed by atoms with van der Waals surface area (Å²) in [6.45, 7) is 1.77. The molecule has 0 rings (SSSR count). The van der Waals surface area contributed by atoms with Gasteiger partial charge in [0.25, 0.3) is 0 Å². The minimum Gasteiger partial charge on any atom is -0.287 e. The maximum Gasteiger partial charge on any atom is 0.114 e. The third-order valence-electron chi connectivity index (χ3n) is 0.606. The first-order chi connectivity index (χ1) is 3.72. The van der Waals surface area contributed by atoms with Crippen molar-refractivity contribution in [1.29, 1.82) is 5.41 Å². The highest BCUT2D eigenvalue weighted by Gasteiger charge is 1.97. The Balaban J connectivity index is 0. The van der Waals surface area contributed by atoms with Crippen LogP contribution in [0.2, 0.25) is 0 Å². The lowest BCUT2D eigenvalue weighted by Crippen LogP contribution is -2.10. The average molecular weight is 187 g/mol. The molecule has 0 fully saturated rings. The molecule has 5 heteroatoms. The lowest BCUT2D eigenvalue weighted by Gasteiger charge is -2.14. The topological polar surface area (TPSA) is 27.1 Å². The Kier molecular flexibility index (Phi) is 8.89. The van der Waals surface area contributed by atoms with E-state index in [4.69, 9.17) is 5.41 Å². The highest BCUT2D eigenvalue weighted by atomic mass is 35.5. The molecule has 0 saturated carbocycles. The van der Waals surface area contributed by atoms with E-state index in [2.05, 4.69) is 0 Å². The zero-order valence-corrected chi connectivity index (χ0v) is 8.12. The van der Waals surface area contributed by atoms with E-state index in [0.29, 0.717) is 5.84 Å². The van der Waals surface area contributed by atoms with E-state index in [1.54, 1.807) is 30.8 Å². The first-order valence-electron chi connectivity index (χ1n) is 2.16. The van der Waals surface area contributed by atoms with Gasteiger partial charge in [0.15, 0.2) is 0 Å². The lowest BCUT2D eigenvalue weighted by molar-refractivity contribution is 1.09. The third kappa shape index (κ3) is 4.93. The van der Waals surface area contributed by atoms with Crippen LogP contribution in [0.1, 0.15) is 6.92 Å². The summed E-state index contributed by atoms with van der Waals surface area (Å²) in [5, 5.41) is 7.14. The summed E-state index contributed by atoms with van der Waals surface area (Å²) in [6.07, 6.45) is 3.91. The van der Waals surface area contributed by atoms with Crippen molar-refractivity contribution in [2.75, 3.05) is 12.5 Å². The fourth-order valence-electron chi connectivity index (χ4n) is 0.348. The Morgan fingerprint density at radius 3 is 1.67 bits per heavy atom. The molecule has 0 spiro atoms. The molecule has 0 bridgehead atoms. The van der Waals surface area contributed by atoms with Crippen molar-refractivity contribution in [3.63, 3.8) is 0 Å². The predicted molar refractivity (Wildman–Crippen MR) is 49.5 cm³/mol. The largest absolute Gasteiger partial charge is 0.287 e. The molecule has 0 aromatic carbocycles. The van der Waals surface area contributed by atoms with Crippen molar-refractivity contribution in [3.05, 3.63) is 0 Å². The van der Waals surface area contributed by atoms with Gasteiger partial charge in [0.2, 0.25) is 0 Å². The normalized spacial score (nSPS) is 7.89. The van der Waals surface area contributed by atoms with Crippen LogP contribution in [0.25, 0.3) is 0 Å². The molecule has 9 heavy (non-hydrogen) atoms. The van der Waals surface area contributed by atoms with Gasteiger partial charge in [-0.25, -0.2) is 3.71 Å². The Bertz CT molecular complexity index is 84.6. The molecule has 0 saturated heterocycles. The summed E-state index contributed by atoms with van der Waals surface area (Å²) >= 11 is 3.10. The quantitative estimate of drug-likeness (QED) is 0.407. The molecule has 0 radical (unpaired) electrons. The van der Waals surface area contributed by atoms with E-state index >= 15 is 0 Å². The van der Waals surface area contributed by atoms with E-state index in [-0.39, 0.29) is 12.4 Å². The van der Waals surface area contributed by atoms with E-state index in [0.717, 1.165) is 0 Å². The molecule has 1 N–H and O–H groups in total. The van der Waals surface area contributed by atoms with Gasteiger partial charge in [-0.05, 0) is 30.8 Å². The van der Waals surface area contributed by atoms with Gasteiger partial charge in [-0.3, -0.25) is 5.41 Å². The summed E-state index contributed by atoms with van der Waals surface area (Å²) < 4.78 is 1.83. The smallest absolute Gasteiger partial charge is 0.114 e. The van der Waals surface area contributed by atoms with Gasteiger partial charge in [0.1, 0.15) is 5.84 Å². The zero-order valence-electron chi connectivity index (χ0n) is 5.67. The molecule has 2 nitrogen and oxygen atoms in total. The van der Waals surface area contributed by atoms with Crippen molar-refractivity contribution in [2.24, 2.45) is 0 Å².